The van der Waals surface area contributed by atoms with Crippen LogP contribution in [0.25, 0.3) is 0 Å². The molecule has 3 rings (SSSR count). The molecule has 1 saturated heterocycles. The Labute approximate surface area is 196 Å². The Hall–Kier alpha value is -2.09. The molecule has 0 bridgehead atoms. The Morgan fingerprint density at radius 2 is 1.62 bits per heavy atom. The molecule has 1 aliphatic heterocycles. The fourth-order valence-corrected chi connectivity index (χ4v) is 5.29. The molecule has 8 heteroatoms. The van der Waals surface area contributed by atoms with Gasteiger partial charge in [0.2, 0.25) is 15.9 Å². The third-order valence-electron chi connectivity index (χ3n) is 5.49. The van der Waals surface area contributed by atoms with Gasteiger partial charge in [-0.05, 0) is 67.6 Å². The predicted molar refractivity (Wildman–Crippen MR) is 127 cm³/mol. The molecule has 0 saturated carbocycles. The van der Waals surface area contributed by atoms with Gasteiger partial charge in [-0.25, -0.2) is 8.42 Å². The molecule has 1 N–H and O–H groups in total. The number of ether oxygens (including phenoxy) is 1. The van der Waals surface area contributed by atoms with Crippen LogP contribution in [-0.4, -0.2) is 44.9 Å². The van der Waals surface area contributed by atoms with E-state index in [2.05, 4.69) is 5.32 Å². The van der Waals surface area contributed by atoms with Crippen molar-refractivity contribution in [2.45, 2.75) is 49.8 Å². The van der Waals surface area contributed by atoms with Gasteiger partial charge in [-0.1, -0.05) is 36.6 Å². The number of amides is 1. The minimum atomic E-state index is -3.43. The molecule has 0 unspecified atom stereocenters. The lowest BCUT2D eigenvalue weighted by atomic mass is 10.1. The molecule has 0 aromatic heterocycles. The number of nitrogens with one attached hydrogen (secondary N) is 1. The standard InChI is InChI=1S/C24H31ClN2O4S/c25-21-9-11-22(12-10-21)31-19-5-6-24(28)26-16-15-20-7-13-23(14-8-20)32(29,30)27-17-3-1-2-4-18-27/h7-14H,1-6,15-19H2,(H,26,28). The number of nitrogens with zero attached hydrogens (tertiary/aromatic N) is 1. The second-order valence-electron chi connectivity index (χ2n) is 7.97. The highest BCUT2D eigenvalue weighted by molar-refractivity contribution is 7.89. The fraction of sp³-hybridized carbons (Fsp3) is 0.458. The zero-order valence-electron chi connectivity index (χ0n) is 18.3. The smallest absolute Gasteiger partial charge is 0.243 e. The van der Waals surface area contributed by atoms with Crippen molar-refractivity contribution in [1.82, 2.24) is 9.62 Å². The monoisotopic (exact) mass is 478 g/mol. The Morgan fingerprint density at radius 1 is 0.969 bits per heavy atom. The summed E-state index contributed by atoms with van der Waals surface area (Å²) in [6.07, 6.45) is 5.68. The zero-order valence-corrected chi connectivity index (χ0v) is 19.8. The number of rotatable bonds is 10. The number of sulfonamides is 1. The summed E-state index contributed by atoms with van der Waals surface area (Å²) in [5.41, 5.74) is 0.992. The van der Waals surface area contributed by atoms with Gasteiger partial charge in [-0.3, -0.25) is 4.79 Å². The molecule has 0 radical (unpaired) electrons. The van der Waals surface area contributed by atoms with E-state index in [4.69, 9.17) is 16.3 Å². The molecule has 0 aliphatic carbocycles. The first-order valence-corrected chi connectivity index (χ1v) is 13.0. The normalized spacial score (nSPS) is 15.2. The molecule has 1 amide bonds. The van der Waals surface area contributed by atoms with E-state index < -0.39 is 10.0 Å². The summed E-state index contributed by atoms with van der Waals surface area (Å²) in [5, 5.41) is 3.56. The molecular formula is C24H31ClN2O4S. The molecule has 0 atom stereocenters. The van der Waals surface area contributed by atoms with Crippen molar-refractivity contribution in [3.05, 3.63) is 59.1 Å². The molecule has 6 nitrogen and oxygen atoms in total. The third kappa shape index (κ3) is 7.50. The van der Waals surface area contributed by atoms with Gasteiger partial charge in [-0.15, -0.1) is 0 Å². The number of hydrogen-bond acceptors (Lipinski definition) is 4. The van der Waals surface area contributed by atoms with Crippen molar-refractivity contribution in [2.75, 3.05) is 26.2 Å². The Kier molecular flexibility index (Phi) is 9.38. The highest BCUT2D eigenvalue weighted by atomic mass is 35.5. The van der Waals surface area contributed by atoms with Crippen LogP contribution in [0, 0.1) is 0 Å². The molecule has 2 aromatic rings. The van der Waals surface area contributed by atoms with E-state index in [1.165, 1.54) is 0 Å². The average Bonchev–Trinajstić information content (AvgIpc) is 3.09. The summed E-state index contributed by atoms with van der Waals surface area (Å²) in [6.45, 7) is 2.17. The summed E-state index contributed by atoms with van der Waals surface area (Å²) in [4.78, 5) is 12.3. The highest BCUT2D eigenvalue weighted by Gasteiger charge is 2.24. The van der Waals surface area contributed by atoms with E-state index in [1.807, 2.05) is 12.1 Å². The molecule has 32 heavy (non-hydrogen) atoms. The van der Waals surface area contributed by atoms with E-state index in [9.17, 15) is 13.2 Å². The van der Waals surface area contributed by atoms with Crippen LogP contribution in [0.1, 0.15) is 44.1 Å². The van der Waals surface area contributed by atoms with Gasteiger partial charge in [0.25, 0.3) is 0 Å². The zero-order chi connectivity index (χ0) is 22.8. The minimum absolute atomic E-state index is 0.0231. The third-order valence-corrected chi connectivity index (χ3v) is 7.66. The van der Waals surface area contributed by atoms with Gasteiger partial charge in [0.1, 0.15) is 5.75 Å². The first kappa shape index (κ1) is 24.6. The van der Waals surface area contributed by atoms with Gasteiger partial charge < -0.3 is 10.1 Å². The average molecular weight is 479 g/mol. The summed E-state index contributed by atoms with van der Waals surface area (Å²) >= 11 is 5.84. The second kappa shape index (κ2) is 12.2. The van der Waals surface area contributed by atoms with Gasteiger partial charge in [-0.2, -0.15) is 4.31 Å². The maximum atomic E-state index is 12.8. The van der Waals surface area contributed by atoms with Gasteiger partial charge in [0, 0.05) is 31.1 Å². The van der Waals surface area contributed by atoms with Crippen molar-refractivity contribution >= 4 is 27.5 Å². The molecular weight excluding hydrogens is 448 g/mol. The molecule has 0 spiro atoms. The molecule has 2 aromatic carbocycles. The summed E-state index contributed by atoms with van der Waals surface area (Å²) in [7, 11) is -3.43. The molecule has 174 valence electrons. The highest BCUT2D eigenvalue weighted by Crippen LogP contribution is 2.21. The Morgan fingerprint density at radius 3 is 2.28 bits per heavy atom. The van der Waals surface area contributed by atoms with Crippen molar-refractivity contribution in [2.24, 2.45) is 0 Å². The van der Waals surface area contributed by atoms with Crippen molar-refractivity contribution in [3.63, 3.8) is 0 Å². The minimum Gasteiger partial charge on any atom is -0.494 e. The molecule has 1 heterocycles. The lowest BCUT2D eigenvalue weighted by Crippen LogP contribution is -2.31. The Balaban J connectivity index is 1.36. The first-order chi connectivity index (χ1) is 15.4. The van der Waals surface area contributed by atoms with Crippen LogP contribution in [0.15, 0.2) is 53.4 Å². The van der Waals surface area contributed by atoms with Crippen molar-refractivity contribution in [1.29, 1.82) is 0 Å². The maximum absolute atomic E-state index is 12.8. The predicted octanol–water partition coefficient (Wildman–Crippen LogP) is 4.42. The maximum Gasteiger partial charge on any atom is 0.243 e. The van der Waals surface area contributed by atoms with Crippen LogP contribution in [0.2, 0.25) is 5.02 Å². The first-order valence-electron chi connectivity index (χ1n) is 11.2. The van der Waals surface area contributed by atoms with Gasteiger partial charge in [0.15, 0.2) is 0 Å². The SMILES string of the molecule is O=C(CCCOc1ccc(Cl)cc1)NCCc1ccc(S(=O)(=O)N2CCCCCC2)cc1. The fourth-order valence-electron chi connectivity index (χ4n) is 3.65. The lowest BCUT2D eigenvalue weighted by molar-refractivity contribution is -0.121. The second-order valence-corrected chi connectivity index (χ2v) is 10.3. The number of benzene rings is 2. The van der Waals surface area contributed by atoms with Crippen LogP contribution >= 0.6 is 11.6 Å². The van der Waals surface area contributed by atoms with Crippen LogP contribution in [0.3, 0.4) is 0 Å². The number of carbonyl (C=O) groups is 1. The summed E-state index contributed by atoms with van der Waals surface area (Å²) in [5.74, 6) is 0.709. The van der Waals surface area contributed by atoms with E-state index in [-0.39, 0.29) is 5.91 Å². The van der Waals surface area contributed by atoms with E-state index in [0.717, 1.165) is 37.0 Å². The Bertz CT molecular complexity index is 954. The topological polar surface area (TPSA) is 75.7 Å². The van der Waals surface area contributed by atoms with E-state index in [1.54, 1.807) is 40.7 Å². The van der Waals surface area contributed by atoms with Crippen LogP contribution in [0.5, 0.6) is 5.75 Å². The quantitative estimate of drug-likeness (QED) is 0.513. The van der Waals surface area contributed by atoms with E-state index >= 15 is 0 Å². The van der Waals surface area contributed by atoms with Gasteiger partial charge in [0.05, 0.1) is 11.5 Å². The number of hydrogen-bond donors (Lipinski definition) is 1. The number of carbonyl (C=O) groups excluding carboxylic acids is 1. The van der Waals surface area contributed by atoms with Gasteiger partial charge >= 0.3 is 0 Å². The largest absolute Gasteiger partial charge is 0.494 e. The van der Waals surface area contributed by atoms with Crippen LogP contribution < -0.4 is 10.1 Å². The summed E-state index contributed by atoms with van der Waals surface area (Å²) < 4.78 is 32.9. The lowest BCUT2D eigenvalue weighted by Gasteiger charge is -2.20. The van der Waals surface area contributed by atoms with E-state index in [0.29, 0.717) is 55.4 Å². The van der Waals surface area contributed by atoms with Crippen LogP contribution in [-0.2, 0) is 21.2 Å². The van der Waals surface area contributed by atoms with Crippen molar-refractivity contribution in [3.8, 4) is 5.75 Å². The molecule has 1 fully saturated rings. The molecule has 1 aliphatic rings. The van der Waals surface area contributed by atoms with Crippen LogP contribution in [0.4, 0.5) is 0 Å². The van der Waals surface area contributed by atoms with Crippen molar-refractivity contribution < 1.29 is 17.9 Å². The summed E-state index contributed by atoms with van der Waals surface area (Å²) in [6, 6.07) is 14.1. The number of halogens is 1.